The minimum Gasteiger partial charge on any atom is -0.365 e. The van der Waals surface area contributed by atoms with Gasteiger partial charge in [0.2, 0.25) is 0 Å². The number of thiophene rings is 1. The summed E-state index contributed by atoms with van der Waals surface area (Å²) in [7, 11) is 0. The van der Waals surface area contributed by atoms with Crippen molar-refractivity contribution < 1.29 is 9.59 Å². The number of hydrogen-bond donors (Lipinski definition) is 2. The molecule has 0 unspecified atom stereocenters. The number of amides is 2. The molecule has 0 aliphatic rings. The van der Waals surface area contributed by atoms with Gasteiger partial charge in [0, 0.05) is 10.4 Å². The lowest BCUT2D eigenvalue weighted by Gasteiger charge is -2.09. The summed E-state index contributed by atoms with van der Waals surface area (Å²) in [5, 5.41) is 3.39. The highest BCUT2D eigenvalue weighted by Crippen LogP contribution is 2.33. The number of anilines is 1. The van der Waals surface area contributed by atoms with Crippen molar-refractivity contribution in [3.8, 4) is 0 Å². The summed E-state index contributed by atoms with van der Waals surface area (Å²) in [4.78, 5) is 25.3. The van der Waals surface area contributed by atoms with Crippen molar-refractivity contribution >= 4 is 28.2 Å². The van der Waals surface area contributed by atoms with Gasteiger partial charge in [-0.15, -0.1) is 11.3 Å². The average Bonchev–Trinajstić information content (AvgIpc) is 2.77. The van der Waals surface area contributed by atoms with Crippen LogP contribution >= 0.6 is 11.3 Å². The number of primary amides is 1. The van der Waals surface area contributed by atoms with Gasteiger partial charge in [-0.1, -0.05) is 19.1 Å². The van der Waals surface area contributed by atoms with Gasteiger partial charge in [0.25, 0.3) is 11.8 Å². The largest absolute Gasteiger partial charge is 0.365 e. The predicted octanol–water partition coefficient (Wildman–Crippen LogP) is 3.59. The van der Waals surface area contributed by atoms with Crippen molar-refractivity contribution in [1.29, 1.82) is 0 Å². The Morgan fingerprint density at radius 3 is 2.50 bits per heavy atom. The Balaban J connectivity index is 2.41. The molecule has 3 N–H and O–H groups in total. The molecule has 1 aromatic heterocycles. The Kier molecular flexibility index (Phi) is 4.66. The molecule has 2 rings (SSSR count). The lowest BCUT2D eigenvalue weighted by molar-refractivity contribution is 0.100. The minimum absolute atomic E-state index is 0.215. The highest BCUT2D eigenvalue weighted by molar-refractivity contribution is 7.16. The molecule has 0 saturated heterocycles. The second-order valence-electron chi connectivity index (χ2n) is 5.26. The number of carbonyl (C=O) groups excluding carboxylic acids is 2. The maximum absolute atomic E-state index is 12.5. The number of nitrogens with one attached hydrogen (secondary N) is 1. The van der Waals surface area contributed by atoms with E-state index in [1.165, 1.54) is 11.3 Å². The Morgan fingerprint density at radius 2 is 1.91 bits per heavy atom. The molecule has 0 atom stereocenters. The van der Waals surface area contributed by atoms with Gasteiger partial charge in [0.15, 0.2) is 0 Å². The van der Waals surface area contributed by atoms with E-state index in [4.69, 9.17) is 5.73 Å². The van der Waals surface area contributed by atoms with Crippen molar-refractivity contribution in [2.24, 2.45) is 5.73 Å². The lowest BCUT2D eigenvalue weighted by atomic mass is 10.0. The number of nitrogens with two attached hydrogens (primary N) is 1. The SMILES string of the molecule is CCc1c(C)sc(NC(=O)c2cccc(C)c2C)c1C(N)=O. The fourth-order valence-corrected chi connectivity index (χ4v) is 3.67. The second kappa shape index (κ2) is 6.32. The van der Waals surface area contributed by atoms with Gasteiger partial charge < -0.3 is 11.1 Å². The third-order valence-corrected chi connectivity index (χ3v) is 4.95. The van der Waals surface area contributed by atoms with Gasteiger partial charge in [0.1, 0.15) is 5.00 Å². The minimum atomic E-state index is -0.502. The molecular formula is C17H20N2O2S. The monoisotopic (exact) mass is 316 g/mol. The third kappa shape index (κ3) is 2.90. The Bertz CT molecular complexity index is 747. The van der Waals surface area contributed by atoms with E-state index in [1.54, 1.807) is 6.07 Å². The maximum atomic E-state index is 12.5. The fraction of sp³-hybridized carbons (Fsp3) is 0.294. The molecule has 0 fully saturated rings. The van der Waals surface area contributed by atoms with E-state index >= 15 is 0 Å². The first-order valence-corrected chi connectivity index (χ1v) is 7.98. The zero-order valence-electron chi connectivity index (χ0n) is 13.2. The Morgan fingerprint density at radius 1 is 1.23 bits per heavy atom. The molecule has 0 bridgehead atoms. The van der Waals surface area contributed by atoms with Crippen molar-refractivity contribution in [3.63, 3.8) is 0 Å². The molecule has 2 aromatic rings. The normalized spacial score (nSPS) is 10.5. The molecule has 1 heterocycles. The van der Waals surface area contributed by atoms with Crippen LogP contribution in [0.15, 0.2) is 18.2 Å². The van der Waals surface area contributed by atoms with Crippen molar-refractivity contribution in [2.45, 2.75) is 34.1 Å². The molecule has 2 amide bonds. The predicted molar refractivity (Wildman–Crippen MR) is 90.8 cm³/mol. The van der Waals surface area contributed by atoms with E-state index in [1.807, 2.05) is 39.8 Å². The van der Waals surface area contributed by atoms with Gasteiger partial charge in [-0.25, -0.2) is 0 Å². The van der Waals surface area contributed by atoms with Crippen LogP contribution in [0.25, 0.3) is 0 Å². The summed E-state index contributed by atoms with van der Waals surface area (Å²) in [5.41, 5.74) is 9.43. The number of rotatable bonds is 4. The molecule has 1 aromatic carbocycles. The molecule has 0 saturated carbocycles. The van der Waals surface area contributed by atoms with Crippen molar-refractivity contribution in [1.82, 2.24) is 0 Å². The molecule has 0 aliphatic heterocycles. The van der Waals surface area contributed by atoms with Crippen LogP contribution in [0.5, 0.6) is 0 Å². The van der Waals surface area contributed by atoms with Gasteiger partial charge in [-0.3, -0.25) is 9.59 Å². The standard InChI is InChI=1S/C17H20N2O2S/c1-5-12-11(4)22-17(14(12)15(18)20)19-16(21)13-8-6-7-9(2)10(13)3/h6-8H,5H2,1-4H3,(H2,18,20)(H,19,21). The molecule has 0 radical (unpaired) electrons. The fourth-order valence-electron chi connectivity index (χ4n) is 2.52. The first-order valence-electron chi connectivity index (χ1n) is 7.16. The van der Waals surface area contributed by atoms with E-state index in [2.05, 4.69) is 5.32 Å². The van der Waals surface area contributed by atoms with E-state index < -0.39 is 5.91 Å². The summed E-state index contributed by atoms with van der Waals surface area (Å²) in [5.74, 6) is -0.718. The molecule has 0 spiro atoms. The van der Waals surface area contributed by atoms with E-state index in [0.29, 0.717) is 22.5 Å². The van der Waals surface area contributed by atoms with Crippen LogP contribution in [0.4, 0.5) is 5.00 Å². The molecule has 5 heteroatoms. The first-order chi connectivity index (χ1) is 10.4. The van der Waals surface area contributed by atoms with Crippen LogP contribution < -0.4 is 11.1 Å². The Hall–Kier alpha value is -2.14. The van der Waals surface area contributed by atoms with Crippen LogP contribution in [0, 0.1) is 20.8 Å². The van der Waals surface area contributed by atoms with Crippen molar-refractivity contribution in [2.75, 3.05) is 5.32 Å². The highest BCUT2D eigenvalue weighted by atomic mass is 32.1. The van der Waals surface area contributed by atoms with Gasteiger partial charge in [0.05, 0.1) is 5.56 Å². The molecule has 116 valence electrons. The topological polar surface area (TPSA) is 72.2 Å². The molecule has 22 heavy (non-hydrogen) atoms. The van der Waals surface area contributed by atoms with Crippen LogP contribution in [0.3, 0.4) is 0 Å². The molecule has 4 nitrogen and oxygen atoms in total. The third-order valence-electron chi connectivity index (χ3n) is 3.89. The first kappa shape index (κ1) is 16.2. The smallest absolute Gasteiger partial charge is 0.256 e. The quantitative estimate of drug-likeness (QED) is 0.905. The lowest BCUT2D eigenvalue weighted by Crippen LogP contribution is -2.18. The molecular weight excluding hydrogens is 296 g/mol. The van der Waals surface area contributed by atoms with Crippen LogP contribution in [-0.4, -0.2) is 11.8 Å². The zero-order chi connectivity index (χ0) is 16.4. The summed E-state index contributed by atoms with van der Waals surface area (Å²) in [6.07, 6.45) is 0.708. The summed E-state index contributed by atoms with van der Waals surface area (Å²) >= 11 is 1.39. The summed E-state index contributed by atoms with van der Waals surface area (Å²) in [6, 6.07) is 5.59. The van der Waals surface area contributed by atoms with Crippen LogP contribution in [0.1, 0.15) is 49.2 Å². The van der Waals surface area contributed by atoms with E-state index in [-0.39, 0.29) is 5.91 Å². The number of benzene rings is 1. The van der Waals surface area contributed by atoms with Crippen molar-refractivity contribution in [3.05, 3.63) is 50.9 Å². The second-order valence-corrected chi connectivity index (χ2v) is 6.49. The average molecular weight is 316 g/mol. The van der Waals surface area contributed by atoms with E-state index in [0.717, 1.165) is 21.6 Å². The van der Waals surface area contributed by atoms with E-state index in [9.17, 15) is 9.59 Å². The van der Waals surface area contributed by atoms with Gasteiger partial charge >= 0.3 is 0 Å². The van der Waals surface area contributed by atoms with Crippen LogP contribution in [0.2, 0.25) is 0 Å². The maximum Gasteiger partial charge on any atom is 0.256 e. The van der Waals surface area contributed by atoms with Crippen LogP contribution in [-0.2, 0) is 6.42 Å². The number of aryl methyl sites for hydroxylation is 2. The summed E-state index contributed by atoms with van der Waals surface area (Å²) < 4.78 is 0. The molecule has 0 aliphatic carbocycles. The van der Waals surface area contributed by atoms with Gasteiger partial charge in [-0.05, 0) is 49.9 Å². The number of hydrogen-bond acceptors (Lipinski definition) is 3. The van der Waals surface area contributed by atoms with Gasteiger partial charge in [-0.2, -0.15) is 0 Å². The Labute approximate surface area is 134 Å². The summed E-state index contributed by atoms with van der Waals surface area (Å²) in [6.45, 7) is 7.78. The highest BCUT2D eigenvalue weighted by Gasteiger charge is 2.21. The number of carbonyl (C=O) groups is 2. The zero-order valence-corrected chi connectivity index (χ0v) is 14.1.